The standard InChI is InChI=1S/C36H26F6N2O6S/c37-26-13-11-23(12-14-26)19-43(32(45)22-51(47,48)44(42)30-18-29(38)33(39)35(41)34(30)40)27-15-16-28(36(46)50-21-25-9-5-2-6-10-25)31(17-27)49-20-24-7-3-1-4-8-24/h1-18H,19-22H2. The molecular weight excluding hydrogens is 702 g/mol. The van der Waals surface area contributed by atoms with E-state index in [1.165, 1.54) is 30.3 Å². The number of nitrogens with zero attached hydrogens (tertiary/aromatic N) is 2. The summed E-state index contributed by atoms with van der Waals surface area (Å²) in [6, 6.07) is 25.8. The summed E-state index contributed by atoms with van der Waals surface area (Å²) >= 11 is 0. The number of sulfonamides is 1. The first kappa shape index (κ1) is 36.5. The number of amides is 1. The van der Waals surface area contributed by atoms with E-state index in [0.717, 1.165) is 17.0 Å². The molecule has 0 atom stereocenters. The molecule has 0 saturated carbocycles. The van der Waals surface area contributed by atoms with Crippen LogP contribution in [0.25, 0.3) is 0 Å². The highest BCUT2D eigenvalue weighted by molar-refractivity contribution is 7.93. The van der Waals surface area contributed by atoms with Gasteiger partial charge in [-0.1, -0.05) is 81.8 Å². The van der Waals surface area contributed by atoms with E-state index in [4.69, 9.17) is 9.47 Å². The molecule has 0 unspecified atom stereocenters. The molecule has 0 aliphatic rings. The maximum absolute atomic E-state index is 15.1. The first-order chi connectivity index (χ1) is 24.3. The lowest BCUT2D eigenvalue weighted by molar-refractivity contribution is -0.116. The normalized spacial score (nSPS) is 11.2. The summed E-state index contributed by atoms with van der Waals surface area (Å²) in [6.45, 7) is -0.587. The molecule has 8 nitrogen and oxygen atoms in total. The van der Waals surface area contributed by atoms with Gasteiger partial charge in [-0.2, -0.15) is 0 Å². The van der Waals surface area contributed by atoms with Gasteiger partial charge in [0.2, 0.25) is 5.91 Å². The van der Waals surface area contributed by atoms with E-state index < -0.39 is 73.5 Å². The van der Waals surface area contributed by atoms with E-state index in [0.29, 0.717) is 11.1 Å². The predicted octanol–water partition coefficient (Wildman–Crippen LogP) is 7.57. The number of hydrogen-bond donors (Lipinski definition) is 0. The summed E-state index contributed by atoms with van der Waals surface area (Å²) in [6.07, 6.45) is 0. The number of esters is 1. The van der Waals surface area contributed by atoms with Crippen LogP contribution in [-0.4, -0.2) is 26.0 Å². The number of halogens is 6. The third-order valence-corrected chi connectivity index (χ3v) is 8.62. The van der Waals surface area contributed by atoms with Crippen molar-refractivity contribution in [3.8, 4) is 5.75 Å². The van der Waals surface area contributed by atoms with Crippen molar-refractivity contribution in [2.75, 3.05) is 15.2 Å². The largest absolute Gasteiger partial charge is 0.488 e. The molecule has 51 heavy (non-hydrogen) atoms. The molecule has 0 heterocycles. The second kappa shape index (κ2) is 15.8. The number of carbonyl (C=O) groups excluding carboxylic acids is 2. The molecule has 264 valence electrons. The van der Waals surface area contributed by atoms with Gasteiger partial charge >= 0.3 is 5.97 Å². The summed E-state index contributed by atoms with van der Waals surface area (Å²) in [5.74, 6) is -13.8. The Morgan fingerprint density at radius 1 is 0.667 bits per heavy atom. The summed E-state index contributed by atoms with van der Waals surface area (Å²) < 4.78 is 120. The number of carbonyl (C=O) groups is 2. The lowest BCUT2D eigenvalue weighted by Crippen LogP contribution is -2.39. The first-order valence-corrected chi connectivity index (χ1v) is 16.5. The smallest absolute Gasteiger partial charge is 0.342 e. The molecule has 0 aromatic heterocycles. The van der Waals surface area contributed by atoms with Crippen LogP contribution in [0.15, 0.2) is 109 Å². The molecule has 0 spiro atoms. The molecule has 5 rings (SSSR count). The van der Waals surface area contributed by atoms with E-state index in [1.807, 2.05) is 0 Å². The van der Waals surface area contributed by atoms with E-state index >= 15 is 4.48 Å². The number of ether oxygens (including phenoxy) is 2. The number of hydrogen-bond acceptors (Lipinski definition) is 6. The van der Waals surface area contributed by atoms with Gasteiger partial charge in [0.1, 0.15) is 36.0 Å². The fraction of sp³-hybridized carbons (Fsp3) is 0.111. The van der Waals surface area contributed by atoms with Crippen LogP contribution in [0.5, 0.6) is 5.75 Å². The van der Waals surface area contributed by atoms with Crippen molar-refractivity contribution in [1.29, 1.82) is 0 Å². The van der Waals surface area contributed by atoms with Gasteiger partial charge in [0.15, 0.2) is 29.0 Å². The number of rotatable bonds is 13. The Labute approximate surface area is 288 Å². The molecule has 15 heteroatoms. The van der Waals surface area contributed by atoms with Crippen molar-refractivity contribution >= 4 is 33.3 Å². The average Bonchev–Trinajstić information content (AvgIpc) is 3.13. The van der Waals surface area contributed by atoms with E-state index in [1.54, 1.807) is 60.7 Å². The number of anilines is 2. The van der Waals surface area contributed by atoms with Crippen molar-refractivity contribution in [3.05, 3.63) is 161 Å². The molecule has 1 amide bonds. The Morgan fingerprint density at radius 3 is 1.90 bits per heavy atom. The van der Waals surface area contributed by atoms with Crippen molar-refractivity contribution in [1.82, 2.24) is 0 Å². The van der Waals surface area contributed by atoms with Gasteiger partial charge in [-0.15, -0.1) is 0 Å². The molecule has 0 bridgehead atoms. The van der Waals surface area contributed by atoms with Gasteiger partial charge in [0, 0.05) is 17.8 Å². The van der Waals surface area contributed by atoms with Crippen LogP contribution in [0.3, 0.4) is 0 Å². The van der Waals surface area contributed by atoms with Crippen molar-refractivity contribution in [2.45, 2.75) is 19.8 Å². The maximum Gasteiger partial charge on any atom is 0.342 e. The van der Waals surface area contributed by atoms with Crippen molar-refractivity contribution < 1.29 is 53.9 Å². The van der Waals surface area contributed by atoms with Crippen LogP contribution in [0.4, 0.5) is 37.8 Å². The Morgan fingerprint density at radius 2 is 1.27 bits per heavy atom. The van der Waals surface area contributed by atoms with Gasteiger partial charge < -0.3 is 14.4 Å². The Hall–Kier alpha value is -5.83. The highest BCUT2D eigenvalue weighted by Gasteiger charge is 2.34. The Balaban J connectivity index is 1.50. The average molecular weight is 729 g/mol. The van der Waals surface area contributed by atoms with Gasteiger partial charge in [-0.3, -0.25) is 4.79 Å². The third kappa shape index (κ3) is 8.86. The topological polar surface area (TPSA) is 93.2 Å². The van der Waals surface area contributed by atoms with E-state index in [9.17, 15) is 40.0 Å². The predicted molar refractivity (Wildman–Crippen MR) is 174 cm³/mol. The second-order valence-electron chi connectivity index (χ2n) is 10.9. The van der Waals surface area contributed by atoms with Gasteiger partial charge in [0.05, 0.1) is 6.54 Å². The summed E-state index contributed by atoms with van der Waals surface area (Å²) in [5, 5.41) is 0. The minimum absolute atomic E-state index is 0.0588. The minimum atomic E-state index is -5.53. The molecule has 0 saturated heterocycles. The van der Waals surface area contributed by atoms with Crippen molar-refractivity contribution in [2.24, 2.45) is 0 Å². The highest BCUT2D eigenvalue weighted by Crippen LogP contribution is 2.31. The molecule has 0 radical (unpaired) electrons. The summed E-state index contributed by atoms with van der Waals surface area (Å²) in [5.41, 5.74) is -0.332. The van der Waals surface area contributed by atoms with Crippen LogP contribution in [0.1, 0.15) is 27.0 Å². The molecule has 0 fully saturated rings. The lowest BCUT2D eigenvalue weighted by Gasteiger charge is -2.25. The molecule has 0 aliphatic heterocycles. The fourth-order valence-corrected chi connectivity index (χ4v) is 5.74. The molecular formula is C36H26F6N2O6S. The Kier molecular flexibility index (Phi) is 11.3. The zero-order valence-corrected chi connectivity index (χ0v) is 27.1. The quantitative estimate of drug-likeness (QED) is 0.0409. The maximum atomic E-state index is 15.1. The van der Waals surface area contributed by atoms with E-state index in [2.05, 4.69) is 0 Å². The fourth-order valence-electron chi connectivity index (χ4n) is 4.73. The van der Waals surface area contributed by atoms with Gasteiger partial charge in [0.25, 0.3) is 10.0 Å². The minimum Gasteiger partial charge on any atom is -0.488 e. The van der Waals surface area contributed by atoms with Crippen LogP contribution >= 0.6 is 0 Å². The SMILES string of the molecule is O=C(OCc1ccccc1)c1ccc(N(Cc2ccc(F)cc2)C(=O)CS(=O)(=O)N(F)c2cc(F)c(F)c(F)c2F)cc1OCc1ccccc1. The first-order valence-electron chi connectivity index (χ1n) is 14.9. The zero-order chi connectivity index (χ0) is 36.7. The summed E-state index contributed by atoms with van der Waals surface area (Å²) in [4.78, 5) is 27.7. The molecule has 0 aliphatic carbocycles. The summed E-state index contributed by atoms with van der Waals surface area (Å²) in [7, 11) is -5.53. The van der Waals surface area contributed by atoms with Gasteiger partial charge in [-0.25, -0.2) is 35.2 Å². The second-order valence-corrected chi connectivity index (χ2v) is 12.7. The van der Waals surface area contributed by atoms with Gasteiger partial charge in [-0.05, 0) is 41.0 Å². The molecule has 0 N–H and O–H groups in total. The monoisotopic (exact) mass is 728 g/mol. The lowest BCUT2D eigenvalue weighted by atomic mass is 10.1. The zero-order valence-electron chi connectivity index (χ0n) is 26.2. The third-order valence-electron chi connectivity index (χ3n) is 7.32. The molecule has 5 aromatic rings. The molecule has 5 aromatic carbocycles. The van der Waals surface area contributed by atoms with E-state index in [-0.39, 0.29) is 41.8 Å². The number of benzene rings is 5. The Bertz CT molecular complexity index is 2140. The highest BCUT2D eigenvalue weighted by atomic mass is 32.2. The van der Waals surface area contributed by atoms with Crippen molar-refractivity contribution in [3.63, 3.8) is 0 Å². The van der Waals surface area contributed by atoms with Crippen LogP contribution in [0.2, 0.25) is 0 Å². The van der Waals surface area contributed by atoms with Crippen LogP contribution < -0.4 is 14.2 Å². The van der Waals surface area contributed by atoms with Crippen LogP contribution in [0, 0.1) is 29.1 Å². The van der Waals surface area contributed by atoms with Crippen LogP contribution in [-0.2, 0) is 39.3 Å².